The molecule has 0 spiro atoms. The first kappa shape index (κ1) is 13.5. The molecule has 4 N–H and O–H groups in total. The molecule has 0 aliphatic heterocycles. The molecule has 0 unspecified atom stereocenters. The van der Waals surface area contributed by atoms with Gasteiger partial charge in [-0.25, -0.2) is 9.18 Å². The van der Waals surface area contributed by atoms with Crippen molar-refractivity contribution in [3.05, 3.63) is 59.4 Å². The van der Waals surface area contributed by atoms with E-state index in [2.05, 4.69) is 5.32 Å². The van der Waals surface area contributed by atoms with E-state index in [1.54, 1.807) is 6.07 Å². The number of amides is 1. The summed E-state index contributed by atoms with van der Waals surface area (Å²) in [4.78, 5) is 23.0. The van der Waals surface area contributed by atoms with Crippen LogP contribution >= 0.6 is 0 Å². The SMILES string of the molecule is Nc1ccc(F)cc1C(=O)Nc1ccccc1C(=O)O. The lowest BCUT2D eigenvalue weighted by molar-refractivity contribution is 0.0698. The molecule has 0 saturated carbocycles. The molecule has 102 valence electrons. The van der Waals surface area contributed by atoms with Crippen LogP contribution < -0.4 is 11.1 Å². The topological polar surface area (TPSA) is 92.4 Å². The third kappa shape index (κ3) is 2.74. The number of carboxylic acids is 1. The number of anilines is 2. The van der Waals surface area contributed by atoms with Crippen molar-refractivity contribution in [3.63, 3.8) is 0 Å². The van der Waals surface area contributed by atoms with Crippen LogP contribution in [0.4, 0.5) is 15.8 Å². The predicted molar refractivity (Wildman–Crippen MR) is 72.2 cm³/mol. The third-order valence-corrected chi connectivity index (χ3v) is 2.67. The molecule has 0 heterocycles. The van der Waals surface area contributed by atoms with Crippen LogP contribution in [0.15, 0.2) is 42.5 Å². The maximum atomic E-state index is 13.1. The van der Waals surface area contributed by atoms with Crippen LogP contribution in [0.1, 0.15) is 20.7 Å². The fraction of sp³-hybridized carbons (Fsp3) is 0. The third-order valence-electron chi connectivity index (χ3n) is 2.67. The predicted octanol–water partition coefficient (Wildman–Crippen LogP) is 2.36. The number of halogens is 1. The van der Waals surface area contributed by atoms with Gasteiger partial charge >= 0.3 is 5.97 Å². The fourth-order valence-electron chi connectivity index (χ4n) is 1.69. The van der Waals surface area contributed by atoms with Crippen LogP contribution in [-0.2, 0) is 0 Å². The van der Waals surface area contributed by atoms with Gasteiger partial charge in [-0.3, -0.25) is 4.79 Å². The fourth-order valence-corrected chi connectivity index (χ4v) is 1.69. The number of aromatic carboxylic acids is 1. The monoisotopic (exact) mass is 274 g/mol. The minimum absolute atomic E-state index is 0.0507. The molecule has 20 heavy (non-hydrogen) atoms. The summed E-state index contributed by atoms with van der Waals surface area (Å²) in [7, 11) is 0. The first-order valence-corrected chi connectivity index (χ1v) is 5.67. The van der Waals surface area contributed by atoms with Crippen LogP contribution in [0.2, 0.25) is 0 Å². The molecule has 0 radical (unpaired) electrons. The van der Waals surface area contributed by atoms with E-state index < -0.39 is 17.7 Å². The van der Waals surface area contributed by atoms with Gasteiger partial charge in [0, 0.05) is 5.69 Å². The number of benzene rings is 2. The largest absolute Gasteiger partial charge is 0.478 e. The maximum absolute atomic E-state index is 13.1. The number of nitrogens with one attached hydrogen (secondary N) is 1. The van der Waals surface area contributed by atoms with Crippen LogP contribution in [0.3, 0.4) is 0 Å². The normalized spacial score (nSPS) is 10.1. The molecule has 2 aromatic carbocycles. The Hall–Kier alpha value is -2.89. The first-order chi connectivity index (χ1) is 9.49. The van der Waals surface area contributed by atoms with Gasteiger partial charge in [0.25, 0.3) is 5.91 Å². The van der Waals surface area contributed by atoms with Crippen LogP contribution in [-0.4, -0.2) is 17.0 Å². The van der Waals surface area contributed by atoms with E-state index in [4.69, 9.17) is 10.8 Å². The van der Waals surface area contributed by atoms with E-state index in [0.717, 1.165) is 12.1 Å². The van der Waals surface area contributed by atoms with E-state index in [-0.39, 0.29) is 22.5 Å². The summed E-state index contributed by atoms with van der Waals surface area (Å²) in [5, 5.41) is 11.4. The van der Waals surface area contributed by atoms with Crippen molar-refractivity contribution < 1.29 is 19.1 Å². The van der Waals surface area contributed by atoms with Gasteiger partial charge in [-0.15, -0.1) is 0 Å². The molecule has 0 aromatic heterocycles. The van der Waals surface area contributed by atoms with Gasteiger partial charge in [-0.1, -0.05) is 12.1 Å². The number of carbonyl (C=O) groups excluding carboxylic acids is 1. The first-order valence-electron chi connectivity index (χ1n) is 5.67. The second kappa shape index (κ2) is 5.40. The lowest BCUT2D eigenvalue weighted by atomic mass is 10.1. The number of nitrogen functional groups attached to an aromatic ring is 1. The summed E-state index contributed by atoms with van der Waals surface area (Å²) < 4.78 is 13.1. The number of hydrogen-bond acceptors (Lipinski definition) is 3. The molecular weight excluding hydrogens is 263 g/mol. The Morgan fingerprint density at radius 3 is 2.50 bits per heavy atom. The highest BCUT2D eigenvalue weighted by atomic mass is 19.1. The minimum atomic E-state index is -1.17. The molecule has 6 heteroatoms. The van der Waals surface area contributed by atoms with Crippen molar-refractivity contribution >= 4 is 23.3 Å². The van der Waals surface area contributed by atoms with E-state index in [1.807, 2.05) is 0 Å². The zero-order valence-corrected chi connectivity index (χ0v) is 10.3. The quantitative estimate of drug-likeness (QED) is 0.749. The Labute approximate surface area is 113 Å². The Bertz CT molecular complexity index is 686. The number of carbonyl (C=O) groups is 2. The van der Waals surface area contributed by atoms with Crippen molar-refractivity contribution in [2.45, 2.75) is 0 Å². The molecule has 1 amide bonds. The average molecular weight is 274 g/mol. The Kier molecular flexibility index (Phi) is 3.65. The lowest BCUT2D eigenvalue weighted by Crippen LogP contribution is -2.16. The number of para-hydroxylation sites is 1. The van der Waals surface area contributed by atoms with Gasteiger partial charge in [-0.05, 0) is 30.3 Å². The summed E-state index contributed by atoms with van der Waals surface area (Å²) in [6, 6.07) is 9.31. The number of hydrogen-bond donors (Lipinski definition) is 3. The molecule has 0 fully saturated rings. The summed E-state index contributed by atoms with van der Waals surface area (Å²) in [5.41, 5.74) is 5.72. The molecule has 0 bridgehead atoms. The van der Waals surface area contributed by atoms with Gasteiger partial charge in [-0.2, -0.15) is 0 Å². The second-order valence-corrected chi connectivity index (χ2v) is 4.04. The molecule has 0 aliphatic carbocycles. The maximum Gasteiger partial charge on any atom is 0.337 e. The van der Waals surface area contributed by atoms with Crippen molar-refractivity contribution in [2.24, 2.45) is 0 Å². The summed E-state index contributed by atoms with van der Waals surface area (Å²) >= 11 is 0. The zero-order chi connectivity index (χ0) is 14.7. The second-order valence-electron chi connectivity index (χ2n) is 4.04. The highest BCUT2D eigenvalue weighted by molar-refractivity contribution is 6.10. The zero-order valence-electron chi connectivity index (χ0n) is 10.3. The smallest absolute Gasteiger partial charge is 0.337 e. The summed E-state index contributed by atoms with van der Waals surface area (Å²) in [6.07, 6.45) is 0. The molecule has 0 saturated heterocycles. The highest BCUT2D eigenvalue weighted by Crippen LogP contribution is 2.19. The highest BCUT2D eigenvalue weighted by Gasteiger charge is 2.15. The van der Waals surface area contributed by atoms with E-state index >= 15 is 0 Å². The standard InChI is InChI=1S/C14H11FN2O3/c15-8-5-6-11(16)10(7-8)13(18)17-12-4-2-1-3-9(12)14(19)20/h1-7H,16H2,(H,17,18)(H,19,20). The molecule has 0 atom stereocenters. The number of carboxylic acid groups (broad SMARTS) is 1. The van der Waals surface area contributed by atoms with Crippen molar-refractivity contribution in [1.82, 2.24) is 0 Å². The molecule has 2 aromatic rings. The Morgan fingerprint density at radius 1 is 1.10 bits per heavy atom. The van der Waals surface area contributed by atoms with Crippen molar-refractivity contribution in [1.29, 1.82) is 0 Å². The molecule has 0 aliphatic rings. The van der Waals surface area contributed by atoms with Crippen LogP contribution in [0, 0.1) is 5.82 Å². The Morgan fingerprint density at radius 2 is 1.80 bits per heavy atom. The average Bonchev–Trinajstić information content (AvgIpc) is 2.41. The number of rotatable bonds is 3. The van der Waals surface area contributed by atoms with Crippen molar-refractivity contribution in [2.75, 3.05) is 11.1 Å². The van der Waals surface area contributed by atoms with Crippen LogP contribution in [0.5, 0.6) is 0 Å². The van der Waals surface area contributed by atoms with E-state index in [9.17, 15) is 14.0 Å². The molecule has 2 rings (SSSR count). The molecule has 5 nitrogen and oxygen atoms in total. The molecular formula is C14H11FN2O3. The Balaban J connectivity index is 2.33. The van der Waals surface area contributed by atoms with E-state index in [0.29, 0.717) is 0 Å². The van der Waals surface area contributed by atoms with Gasteiger partial charge in [0.1, 0.15) is 5.82 Å². The van der Waals surface area contributed by atoms with Crippen molar-refractivity contribution in [3.8, 4) is 0 Å². The van der Waals surface area contributed by atoms with E-state index in [1.165, 1.54) is 24.3 Å². The van der Waals surface area contributed by atoms with Gasteiger partial charge in [0.2, 0.25) is 0 Å². The van der Waals surface area contributed by atoms with Gasteiger partial charge in [0.05, 0.1) is 16.8 Å². The van der Waals surface area contributed by atoms with Crippen LogP contribution in [0.25, 0.3) is 0 Å². The summed E-state index contributed by atoms with van der Waals surface area (Å²) in [5.74, 6) is -2.44. The number of nitrogens with two attached hydrogens (primary N) is 1. The summed E-state index contributed by atoms with van der Waals surface area (Å²) in [6.45, 7) is 0. The van der Waals surface area contributed by atoms with Gasteiger partial charge < -0.3 is 16.2 Å². The van der Waals surface area contributed by atoms with Gasteiger partial charge in [0.15, 0.2) is 0 Å². The lowest BCUT2D eigenvalue weighted by Gasteiger charge is -2.09. The minimum Gasteiger partial charge on any atom is -0.478 e.